The first-order valence-corrected chi connectivity index (χ1v) is 7.94. The lowest BCUT2D eigenvalue weighted by atomic mass is 10.3. The number of hydrogen-bond acceptors (Lipinski definition) is 6. The fraction of sp³-hybridized carbons (Fsp3) is 0.267. The predicted octanol–water partition coefficient (Wildman–Crippen LogP) is 1.54. The number of thiazole rings is 1. The number of amides is 1. The summed E-state index contributed by atoms with van der Waals surface area (Å²) in [6.45, 7) is 0.461. The van der Waals surface area contributed by atoms with Crippen molar-refractivity contribution in [2.24, 2.45) is 0 Å². The Labute approximate surface area is 136 Å². The molecular weight excluding hydrogens is 316 g/mol. The van der Waals surface area contributed by atoms with Crippen LogP contribution in [-0.4, -0.2) is 40.8 Å². The van der Waals surface area contributed by atoms with E-state index in [1.165, 1.54) is 17.7 Å². The molecule has 0 fully saturated rings. The summed E-state index contributed by atoms with van der Waals surface area (Å²) in [4.78, 5) is 16.8. The number of nitrogens with zero attached hydrogens (tertiary/aromatic N) is 3. The van der Waals surface area contributed by atoms with Gasteiger partial charge in [0, 0.05) is 18.3 Å². The number of aromatic nitrogens is 3. The smallest absolute Gasteiger partial charge is 0.257 e. The van der Waals surface area contributed by atoms with Crippen LogP contribution in [-0.2, 0) is 11.2 Å². The maximum Gasteiger partial charge on any atom is 0.257 e. The number of carbonyl (C=O) groups excluding carboxylic acids is 1. The minimum atomic E-state index is -0.180. The maximum atomic E-state index is 11.8. The molecule has 0 aliphatic carbocycles. The number of benzene rings is 1. The van der Waals surface area contributed by atoms with Crippen LogP contribution in [0.4, 0.5) is 0 Å². The van der Waals surface area contributed by atoms with Crippen LogP contribution >= 0.6 is 11.3 Å². The standard InChI is InChI=1S/C15H16N4O3S/c1-21-12-4-2-3-5-13(12)22-8-14(20)16-7-6-11-9-23-15-17-10-18-19(11)15/h2-5,9-10H,6-8H2,1H3,(H,16,20). The van der Waals surface area contributed by atoms with Crippen LogP contribution < -0.4 is 14.8 Å². The predicted molar refractivity (Wildman–Crippen MR) is 86.1 cm³/mol. The molecule has 1 amide bonds. The van der Waals surface area contributed by atoms with Crippen LogP contribution in [0.1, 0.15) is 5.69 Å². The third-order valence-corrected chi connectivity index (χ3v) is 4.10. The lowest BCUT2D eigenvalue weighted by molar-refractivity contribution is -0.123. The van der Waals surface area contributed by atoms with E-state index < -0.39 is 0 Å². The van der Waals surface area contributed by atoms with Gasteiger partial charge in [0.1, 0.15) is 6.33 Å². The summed E-state index contributed by atoms with van der Waals surface area (Å²) in [6, 6.07) is 7.22. The average molecular weight is 332 g/mol. The summed E-state index contributed by atoms with van der Waals surface area (Å²) in [5.41, 5.74) is 1.02. The Morgan fingerprint density at radius 1 is 1.35 bits per heavy atom. The van der Waals surface area contributed by atoms with Gasteiger partial charge in [0.25, 0.3) is 5.91 Å². The molecule has 2 aromatic heterocycles. The van der Waals surface area contributed by atoms with Gasteiger partial charge in [0.05, 0.1) is 12.8 Å². The van der Waals surface area contributed by atoms with E-state index in [0.29, 0.717) is 24.5 Å². The second-order valence-corrected chi connectivity index (χ2v) is 5.56. The average Bonchev–Trinajstić information content (AvgIpc) is 3.18. The monoisotopic (exact) mass is 332 g/mol. The molecule has 23 heavy (non-hydrogen) atoms. The summed E-state index contributed by atoms with van der Waals surface area (Å²) >= 11 is 1.53. The lowest BCUT2D eigenvalue weighted by Crippen LogP contribution is -2.30. The highest BCUT2D eigenvalue weighted by Crippen LogP contribution is 2.25. The molecule has 1 N–H and O–H groups in total. The molecule has 0 aliphatic rings. The van der Waals surface area contributed by atoms with Crippen LogP contribution in [0.3, 0.4) is 0 Å². The largest absolute Gasteiger partial charge is 0.493 e. The number of hydrogen-bond donors (Lipinski definition) is 1. The Kier molecular flexibility index (Phi) is 4.72. The zero-order valence-electron chi connectivity index (χ0n) is 12.6. The van der Waals surface area contributed by atoms with Crippen molar-refractivity contribution in [3.63, 3.8) is 0 Å². The Bertz CT molecular complexity index is 799. The fourth-order valence-electron chi connectivity index (χ4n) is 2.11. The minimum Gasteiger partial charge on any atom is -0.493 e. The molecule has 3 rings (SSSR count). The van der Waals surface area contributed by atoms with Crippen LogP contribution in [0.15, 0.2) is 36.0 Å². The highest BCUT2D eigenvalue weighted by molar-refractivity contribution is 7.15. The van der Waals surface area contributed by atoms with Crippen molar-refractivity contribution in [3.8, 4) is 11.5 Å². The van der Waals surface area contributed by atoms with E-state index >= 15 is 0 Å². The zero-order chi connectivity index (χ0) is 16.1. The SMILES string of the molecule is COc1ccccc1OCC(=O)NCCc1csc2ncnn12. The van der Waals surface area contributed by atoms with Gasteiger partial charge in [-0.3, -0.25) is 4.79 Å². The molecule has 0 atom stereocenters. The Hall–Kier alpha value is -2.61. The summed E-state index contributed by atoms with van der Waals surface area (Å²) in [7, 11) is 1.56. The van der Waals surface area contributed by atoms with Gasteiger partial charge in [-0.25, -0.2) is 9.50 Å². The molecule has 120 valence electrons. The summed E-state index contributed by atoms with van der Waals surface area (Å²) in [6.07, 6.45) is 2.21. The number of rotatable bonds is 7. The second-order valence-electron chi connectivity index (χ2n) is 4.72. The molecule has 1 aromatic carbocycles. The van der Waals surface area contributed by atoms with Gasteiger partial charge >= 0.3 is 0 Å². The molecule has 0 saturated heterocycles. The van der Waals surface area contributed by atoms with E-state index in [4.69, 9.17) is 9.47 Å². The maximum absolute atomic E-state index is 11.8. The Balaban J connectivity index is 1.46. The number of nitrogens with one attached hydrogen (secondary N) is 1. The first-order chi connectivity index (χ1) is 11.3. The second kappa shape index (κ2) is 7.10. The van der Waals surface area contributed by atoms with Crippen molar-refractivity contribution < 1.29 is 14.3 Å². The fourth-order valence-corrected chi connectivity index (χ4v) is 2.94. The molecule has 3 aromatic rings. The van der Waals surface area contributed by atoms with E-state index in [2.05, 4.69) is 15.4 Å². The van der Waals surface area contributed by atoms with Gasteiger partial charge < -0.3 is 14.8 Å². The van der Waals surface area contributed by atoms with E-state index in [-0.39, 0.29) is 12.5 Å². The molecule has 0 spiro atoms. The molecule has 2 heterocycles. The molecule has 8 heteroatoms. The number of methoxy groups -OCH3 is 1. The summed E-state index contributed by atoms with van der Waals surface area (Å²) in [5.74, 6) is 0.973. The van der Waals surface area contributed by atoms with Crippen molar-refractivity contribution in [2.75, 3.05) is 20.3 Å². The van der Waals surface area contributed by atoms with Gasteiger partial charge in [0.15, 0.2) is 18.1 Å². The van der Waals surface area contributed by atoms with Crippen molar-refractivity contribution in [1.29, 1.82) is 0 Å². The minimum absolute atomic E-state index is 0.0528. The van der Waals surface area contributed by atoms with Crippen LogP contribution in [0.5, 0.6) is 11.5 Å². The van der Waals surface area contributed by atoms with Crippen molar-refractivity contribution in [2.45, 2.75) is 6.42 Å². The molecular formula is C15H16N4O3S. The molecule has 0 radical (unpaired) electrons. The topological polar surface area (TPSA) is 77.8 Å². The number of ether oxygens (including phenoxy) is 2. The van der Waals surface area contributed by atoms with Crippen LogP contribution in [0.25, 0.3) is 4.96 Å². The van der Waals surface area contributed by atoms with E-state index in [1.54, 1.807) is 23.8 Å². The molecule has 0 saturated carbocycles. The Morgan fingerprint density at radius 3 is 3.00 bits per heavy atom. The molecule has 0 unspecified atom stereocenters. The lowest BCUT2D eigenvalue weighted by Gasteiger charge is -2.10. The third-order valence-electron chi connectivity index (χ3n) is 3.22. The number of para-hydroxylation sites is 2. The number of fused-ring (bicyclic) bond motifs is 1. The van der Waals surface area contributed by atoms with Gasteiger partial charge in [-0.2, -0.15) is 5.10 Å². The summed E-state index contributed by atoms with van der Waals surface area (Å²) in [5, 5.41) is 8.95. The van der Waals surface area contributed by atoms with Gasteiger partial charge in [-0.15, -0.1) is 11.3 Å². The van der Waals surface area contributed by atoms with E-state index in [9.17, 15) is 4.79 Å². The number of carbonyl (C=O) groups is 1. The van der Waals surface area contributed by atoms with Crippen LogP contribution in [0.2, 0.25) is 0 Å². The normalized spacial score (nSPS) is 10.7. The van der Waals surface area contributed by atoms with Gasteiger partial charge in [-0.05, 0) is 12.1 Å². The molecule has 0 bridgehead atoms. The summed E-state index contributed by atoms with van der Waals surface area (Å²) < 4.78 is 12.4. The van der Waals surface area contributed by atoms with Crippen LogP contribution in [0, 0.1) is 0 Å². The molecule has 7 nitrogen and oxygen atoms in total. The third kappa shape index (κ3) is 3.59. The van der Waals surface area contributed by atoms with Gasteiger partial charge in [-0.1, -0.05) is 12.1 Å². The highest BCUT2D eigenvalue weighted by atomic mass is 32.1. The first kappa shape index (κ1) is 15.3. The van der Waals surface area contributed by atoms with Crippen molar-refractivity contribution in [3.05, 3.63) is 41.7 Å². The Morgan fingerprint density at radius 2 is 2.17 bits per heavy atom. The van der Waals surface area contributed by atoms with Gasteiger partial charge in [0.2, 0.25) is 4.96 Å². The highest BCUT2D eigenvalue weighted by Gasteiger charge is 2.08. The zero-order valence-corrected chi connectivity index (χ0v) is 13.4. The first-order valence-electron chi connectivity index (χ1n) is 7.06. The van der Waals surface area contributed by atoms with E-state index in [0.717, 1.165) is 10.7 Å². The van der Waals surface area contributed by atoms with Crippen molar-refractivity contribution in [1.82, 2.24) is 19.9 Å². The van der Waals surface area contributed by atoms with E-state index in [1.807, 2.05) is 17.5 Å². The quantitative estimate of drug-likeness (QED) is 0.710. The molecule has 0 aliphatic heterocycles. The van der Waals surface area contributed by atoms with Crippen molar-refractivity contribution >= 4 is 22.2 Å².